The highest BCUT2D eigenvalue weighted by atomic mass is 16.5. The summed E-state index contributed by atoms with van der Waals surface area (Å²) in [6.45, 7) is 8.93. The predicted molar refractivity (Wildman–Crippen MR) is 72.8 cm³/mol. The molecule has 0 saturated carbocycles. The molecule has 0 heterocycles. The SMILES string of the molecule is Cc1cc(/C(N)=N/O)ccc1COC(C)C(C)C. The fourth-order valence-electron chi connectivity index (χ4n) is 1.49. The highest BCUT2D eigenvalue weighted by molar-refractivity contribution is 5.97. The van der Waals surface area contributed by atoms with Crippen LogP contribution in [0.15, 0.2) is 23.4 Å². The average molecular weight is 250 g/mol. The van der Waals surface area contributed by atoms with E-state index < -0.39 is 0 Å². The van der Waals surface area contributed by atoms with Crippen LogP contribution in [0.25, 0.3) is 0 Å². The Morgan fingerprint density at radius 2 is 2.06 bits per heavy atom. The maximum absolute atomic E-state index is 8.62. The van der Waals surface area contributed by atoms with Crippen molar-refractivity contribution in [1.29, 1.82) is 0 Å². The van der Waals surface area contributed by atoms with E-state index in [1.54, 1.807) is 0 Å². The lowest BCUT2D eigenvalue weighted by atomic mass is 10.0. The molecule has 4 heteroatoms. The first-order valence-electron chi connectivity index (χ1n) is 6.14. The van der Waals surface area contributed by atoms with E-state index in [2.05, 4.69) is 25.9 Å². The smallest absolute Gasteiger partial charge is 0.170 e. The van der Waals surface area contributed by atoms with Crippen molar-refractivity contribution in [1.82, 2.24) is 0 Å². The van der Waals surface area contributed by atoms with Gasteiger partial charge >= 0.3 is 0 Å². The molecule has 0 aliphatic heterocycles. The first-order chi connectivity index (χ1) is 8.45. The number of nitrogens with zero attached hydrogens (tertiary/aromatic N) is 1. The number of amidine groups is 1. The molecule has 1 aromatic rings. The van der Waals surface area contributed by atoms with E-state index in [9.17, 15) is 0 Å². The number of nitrogens with two attached hydrogens (primary N) is 1. The molecule has 0 bridgehead atoms. The van der Waals surface area contributed by atoms with Gasteiger partial charge in [0.15, 0.2) is 5.84 Å². The van der Waals surface area contributed by atoms with Gasteiger partial charge in [0.05, 0.1) is 12.7 Å². The molecule has 0 spiro atoms. The van der Waals surface area contributed by atoms with Gasteiger partial charge in [-0.1, -0.05) is 31.1 Å². The maximum atomic E-state index is 8.62. The molecule has 1 atom stereocenters. The van der Waals surface area contributed by atoms with Crippen molar-refractivity contribution in [2.24, 2.45) is 16.8 Å². The Labute approximate surface area is 108 Å². The second-order valence-corrected chi connectivity index (χ2v) is 4.89. The number of benzene rings is 1. The maximum Gasteiger partial charge on any atom is 0.170 e. The van der Waals surface area contributed by atoms with Gasteiger partial charge in [-0.3, -0.25) is 0 Å². The van der Waals surface area contributed by atoms with Gasteiger partial charge in [-0.15, -0.1) is 0 Å². The summed E-state index contributed by atoms with van der Waals surface area (Å²) in [5.74, 6) is 0.628. The zero-order valence-electron chi connectivity index (χ0n) is 11.5. The van der Waals surface area contributed by atoms with E-state index in [1.807, 2.05) is 25.1 Å². The van der Waals surface area contributed by atoms with Crippen LogP contribution in [0, 0.1) is 12.8 Å². The summed E-state index contributed by atoms with van der Waals surface area (Å²) in [5.41, 5.74) is 8.46. The zero-order valence-corrected chi connectivity index (χ0v) is 11.5. The minimum absolute atomic E-state index is 0.126. The van der Waals surface area contributed by atoms with E-state index in [-0.39, 0.29) is 11.9 Å². The Kier molecular flexibility index (Phi) is 5.16. The van der Waals surface area contributed by atoms with E-state index >= 15 is 0 Å². The van der Waals surface area contributed by atoms with Gasteiger partial charge in [-0.05, 0) is 37.0 Å². The second-order valence-electron chi connectivity index (χ2n) is 4.89. The van der Waals surface area contributed by atoms with Gasteiger partial charge in [0, 0.05) is 5.56 Å². The molecule has 0 amide bonds. The molecule has 4 nitrogen and oxygen atoms in total. The normalized spacial score (nSPS) is 13.9. The molecular formula is C14H22N2O2. The summed E-state index contributed by atoms with van der Waals surface area (Å²) >= 11 is 0. The molecule has 0 fully saturated rings. The third kappa shape index (κ3) is 3.74. The van der Waals surface area contributed by atoms with Gasteiger partial charge in [-0.25, -0.2) is 0 Å². The lowest BCUT2D eigenvalue weighted by Crippen LogP contribution is -2.16. The fraction of sp³-hybridized carbons (Fsp3) is 0.500. The molecule has 100 valence electrons. The molecule has 1 rings (SSSR count). The minimum Gasteiger partial charge on any atom is -0.409 e. The van der Waals surface area contributed by atoms with Crippen molar-refractivity contribution in [3.8, 4) is 0 Å². The summed E-state index contributed by atoms with van der Waals surface area (Å²) in [6, 6.07) is 5.68. The number of rotatable bonds is 5. The van der Waals surface area contributed by atoms with Crippen LogP contribution in [0.4, 0.5) is 0 Å². The summed E-state index contributed by atoms with van der Waals surface area (Å²) in [4.78, 5) is 0. The summed E-state index contributed by atoms with van der Waals surface area (Å²) in [7, 11) is 0. The third-order valence-electron chi connectivity index (χ3n) is 3.19. The Bertz CT molecular complexity index is 428. The average Bonchev–Trinajstić information content (AvgIpc) is 2.35. The summed E-state index contributed by atoms with van der Waals surface area (Å²) < 4.78 is 5.79. The zero-order chi connectivity index (χ0) is 13.7. The van der Waals surface area contributed by atoms with Gasteiger partial charge in [0.1, 0.15) is 0 Å². The Morgan fingerprint density at radius 3 is 2.56 bits per heavy atom. The molecule has 1 unspecified atom stereocenters. The molecule has 1 aromatic carbocycles. The highest BCUT2D eigenvalue weighted by Gasteiger charge is 2.09. The number of ether oxygens (including phenoxy) is 1. The van der Waals surface area contributed by atoms with Crippen molar-refractivity contribution in [2.75, 3.05) is 0 Å². The lowest BCUT2D eigenvalue weighted by Gasteiger charge is -2.17. The standard InChI is InChI=1S/C14H22N2O2/c1-9(2)11(4)18-8-13-6-5-12(7-10(13)3)14(15)16-17/h5-7,9,11,17H,8H2,1-4H3,(H2,15,16). The minimum atomic E-state index is 0.126. The monoisotopic (exact) mass is 250 g/mol. The van der Waals surface area contributed by atoms with Crippen molar-refractivity contribution in [2.45, 2.75) is 40.4 Å². The van der Waals surface area contributed by atoms with Gasteiger partial charge < -0.3 is 15.7 Å². The Morgan fingerprint density at radius 1 is 1.39 bits per heavy atom. The van der Waals surface area contributed by atoms with Crippen LogP contribution in [0.1, 0.15) is 37.5 Å². The van der Waals surface area contributed by atoms with Gasteiger partial charge in [-0.2, -0.15) is 0 Å². The first-order valence-corrected chi connectivity index (χ1v) is 6.14. The first kappa shape index (κ1) is 14.5. The van der Waals surface area contributed by atoms with Crippen LogP contribution >= 0.6 is 0 Å². The topological polar surface area (TPSA) is 67.8 Å². The quantitative estimate of drug-likeness (QED) is 0.365. The van der Waals surface area contributed by atoms with E-state index in [1.165, 1.54) is 0 Å². The molecule has 0 aromatic heterocycles. The van der Waals surface area contributed by atoms with Crippen LogP contribution in [-0.2, 0) is 11.3 Å². The largest absolute Gasteiger partial charge is 0.409 e. The molecule has 3 N–H and O–H groups in total. The van der Waals surface area contributed by atoms with Crippen molar-refractivity contribution in [3.63, 3.8) is 0 Å². The Hall–Kier alpha value is -1.55. The lowest BCUT2D eigenvalue weighted by molar-refractivity contribution is 0.0233. The van der Waals surface area contributed by atoms with Gasteiger partial charge in [0.25, 0.3) is 0 Å². The van der Waals surface area contributed by atoms with Gasteiger partial charge in [0.2, 0.25) is 0 Å². The Balaban J connectivity index is 2.74. The van der Waals surface area contributed by atoms with Crippen LogP contribution in [0.5, 0.6) is 0 Å². The number of hydrogen-bond donors (Lipinski definition) is 2. The third-order valence-corrected chi connectivity index (χ3v) is 3.19. The van der Waals surface area contributed by atoms with Crippen LogP contribution in [0.3, 0.4) is 0 Å². The predicted octanol–water partition coefficient (Wildman–Crippen LogP) is 2.65. The molecule has 0 aliphatic rings. The van der Waals surface area contributed by atoms with Crippen molar-refractivity contribution < 1.29 is 9.94 Å². The highest BCUT2D eigenvalue weighted by Crippen LogP contribution is 2.15. The molecule has 0 radical (unpaired) electrons. The van der Waals surface area contributed by atoms with E-state index in [0.29, 0.717) is 12.5 Å². The second kappa shape index (κ2) is 6.40. The summed E-state index contributed by atoms with van der Waals surface area (Å²) in [6.07, 6.45) is 0.230. The van der Waals surface area contributed by atoms with Crippen LogP contribution < -0.4 is 5.73 Å². The fourth-order valence-corrected chi connectivity index (χ4v) is 1.49. The van der Waals surface area contributed by atoms with Crippen LogP contribution in [0.2, 0.25) is 0 Å². The summed E-state index contributed by atoms with van der Waals surface area (Å²) in [5, 5.41) is 11.6. The van der Waals surface area contributed by atoms with Crippen LogP contribution in [-0.4, -0.2) is 17.1 Å². The number of oxime groups is 1. The van der Waals surface area contributed by atoms with E-state index in [0.717, 1.165) is 16.7 Å². The number of aryl methyl sites for hydroxylation is 1. The number of hydrogen-bond acceptors (Lipinski definition) is 3. The molecular weight excluding hydrogens is 228 g/mol. The van der Waals surface area contributed by atoms with Crippen molar-refractivity contribution in [3.05, 3.63) is 34.9 Å². The van der Waals surface area contributed by atoms with E-state index in [4.69, 9.17) is 15.7 Å². The molecule has 0 saturated heterocycles. The molecule has 0 aliphatic carbocycles. The van der Waals surface area contributed by atoms with Crippen molar-refractivity contribution >= 4 is 5.84 Å². The molecule has 18 heavy (non-hydrogen) atoms.